The van der Waals surface area contributed by atoms with Gasteiger partial charge in [0.2, 0.25) is 0 Å². The van der Waals surface area contributed by atoms with Gasteiger partial charge in [0.1, 0.15) is 5.54 Å². The number of carbonyl (C=O) groups excluding carboxylic acids is 1. The van der Waals surface area contributed by atoms with Crippen molar-refractivity contribution in [2.45, 2.75) is 24.8 Å². The van der Waals surface area contributed by atoms with Crippen LogP contribution in [0, 0.1) is 3.57 Å². The number of carboxylic acids is 1. The molecule has 0 spiro atoms. The van der Waals surface area contributed by atoms with E-state index in [9.17, 15) is 9.59 Å². The molecule has 1 saturated carbocycles. The summed E-state index contributed by atoms with van der Waals surface area (Å²) in [5.74, 6) is -0.966. The number of urea groups is 1. The Hall–Kier alpha value is -1.31. The van der Waals surface area contributed by atoms with Gasteiger partial charge in [-0.25, -0.2) is 9.59 Å². The highest BCUT2D eigenvalue weighted by Crippen LogP contribution is 2.32. The number of nitrogens with one attached hydrogen (secondary N) is 2. The zero-order valence-corrected chi connectivity index (χ0v) is 11.7. The van der Waals surface area contributed by atoms with Crippen LogP contribution in [0.15, 0.2) is 24.3 Å². The van der Waals surface area contributed by atoms with Crippen molar-refractivity contribution < 1.29 is 14.7 Å². The predicted octanol–water partition coefficient (Wildman–Crippen LogP) is 2.42. The van der Waals surface area contributed by atoms with E-state index in [-0.39, 0.29) is 0 Å². The second kappa shape index (κ2) is 5.13. The van der Waals surface area contributed by atoms with E-state index in [0.29, 0.717) is 18.5 Å². The van der Waals surface area contributed by atoms with Crippen LogP contribution in [0.4, 0.5) is 10.5 Å². The molecule has 0 unspecified atom stereocenters. The molecule has 1 aromatic rings. The van der Waals surface area contributed by atoms with E-state index in [1.807, 2.05) is 18.2 Å². The van der Waals surface area contributed by atoms with Crippen LogP contribution in [-0.4, -0.2) is 22.6 Å². The zero-order valence-electron chi connectivity index (χ0n) is 9.57. The lowest BCUT2D eigenvalue weighted by atomic mass is 9.77. The predicted molar refractivity (Wildman–Crippen MR) is 75.5 cm³/mol. The van der Waals surface area contributed by atoms with Gasteiger partial charge >= 0.3 is 12.0 Å². The fraction of sp³-hybridized carbons (Fsp3) is 0.333. The monoisotopic (exact) mass is 360 g/mol. The summed E-state index contributed by atoms with van der Waals surface area (Å²) in [5.41, 5.74) is -0.425. The molecule has 0 saturated heterocycles. The lowest BCUT2D eigenvalue weighted by molar-refractivity contribution is -0.148. The zero-order chi connectivity index (χ0) is 13.2. The Morgan fingerprint density at radius 2 is 2.06 bits per heavy atom. The normalized spacial score (nSPS) is 16.5. The van der Waals surface area contributed by atoms with Gasteiger partial charge in [0.15, 0.2) is 0 Å². The first-order valence-corrected chi connectivity index (χ1v) is 6.68. The molecule has 1 fully saturated rings. The summed E-state index contributed by atoms with van der Waals surface area (Å²) in [6.45, 7) is 0. The molecule has 1 aliphatic carbocycles. The average Bonchev–Trinajstić information content (AvgIpc) is 2.23. The number of amides is 2. The first-order chi connectivity index (χ1) is 8.52. The number of benzene rings is 1. The average molecular weight is 360 g/mol. The van der Waals surface area contributed by atoms with Gasteiger partial charge in [-0.05, 0) is 60.1 Å². The minimum absolute atomic E-state index is 0.473. The van der Waals surface area contributed by atoms with Crippen LogP contribution in [0.5, 0.6) is 0 Å². The highest BCUT2D eigenvalue weighted by atomic mass is 127. The molecule has 0 aromatic heterocycles. The molecule has 0 atom stereocenters. The number of aliphatic carboxylic acids is 1. The van der Waals surface area contributed by atoms with Crippen LogP contribution in [0.3, 0.4) is 0 Å². The number of hydrogen-bond donors (Lipinski definition) is 3. The molecule has 0 bridgehead atoms. The maximum Gasteiger partial charge on any atom is 0.329 e. The summed E-state index contributed by atoms with van der Waals surface area (Å²) in [4.78, 5) is 22.9. The van der Waals surface area contributed by atoms with Gasteiger partial charge < -0.3 is 15.7 Å². The summed E-state index contributed by atoms with van der Waals surface area (Å²) < 4.78 is 1.00. The molecule has 2 amide bonds. The summed E-state index contributed by atoms with van der Waals surface area (Å²) in [6, 6.07) is 6.84. The summed E-state index contributed by atoms with van der Waals surface area (Å²) in [7, 11) is 0. The van der Waals surface area contributed by atoms with Crippen molar-refractivity contribution >= 4 is 40.3 Å². The Labute approximate surface area is 118 Å². The third-order valence-corrected chi connectivity index (χ3v) is 3.72. The minimum Gasteiger partial charge on any atom is -0.480 e. The van der Waals surface area contributed by atoms with E-state index < -0.39 is 17.5 Å². The van der Waals surface area contributed by atoms with Crippen LogP contribution in [0.2, 0.25) is 0 Å². The Bertz CT molecular complexity index is 486. The maximum atomic E-state index is 11.7. The molecule has 18 heavy (non-hydrogen) atoms. The van der Waals surface area contributed by atoms with E-state index in [0.717, 1.165) is 9.99 Å². The molecule has 5 nitrogen and oxygen atoms in total. The van der Waals surface area contributed by atoms with Gasteiger partial charge in [0.25, 0.3) is 0 Å². The number of carboxylic acid groups (broad SMARTS) is 1. The molecular formula is C12H13IN2O3. The van der Waals surface area contributed by atoms with Gasteiger partial charge in [-0.15, -0.1) is 0 Å². The largest absolute Gasteiger partial charge is 0.480 e. The SMILES string of the molecule is O=C(Nc1cccc(I)c1)NC1(C(=O)O)CCC1. The van der Waals surface area contributed by atoms with E-state index in [1.165, 1.54) is 0 Å². The van der Waals surface area contributed by atoms with Crippen molar-refractivity contribution in [3.8, 4) is 0 Å². The standard InChI is InChI=1S/C12H13IN2O3/c13-8-3-1-4-9(7-8)14-11(18)15-12(10(16)17)5-2-6-12/h1,3-4,7H,2,5-6H2,(H,16,17)(H2,14,15,18). The third-order valence-electron chi connectivity index (χ3n) is 3.05. The summed E-state index contributed by atoms with van der Waals surface area (Å²) in [6.07, 6.45) is 1.81. The lowest BCUT2D eigenvalue weighted by Gasteiger charge is -2.38. The van der Waals surface area contributed by atoms with Crippen LogP contribution >= 0.6 is 22.6 Å². The maximum absolute atomic E-state index is 11.7. The molecule has 0 heterocycles. The fourth-order valence-electron chi connectivity index (χ4n) is 1.87. The number of carbonyl (C=O) groups is 2. The summed E-state index contributed by atoms with van der Waals surface area (Å²) >= 11 is 2.14. The molecule has 1 aliphatic rings. The van der Waals surface area contributed by atoms with E-state index in [4.69, 9.17) is 5.11 Å². The van der Waals surface area contributed by atoms with Gasteiger partial charge in [-0.2, -0.15) is 0 Å². The van der Waals surface area contributed by atoms with E-state index in [1.54, 1.807) is 6.07 Å². The van der Waals surface area contributed by atoms with E-state index in [2.05, 4.69) is 33.2 Å². The van der Waals surface area contributed by atoms with Crippen LogP contribution in [0.25, 0.3) is 0 Å². The van der Waals surface area contributed by atoms with Gasteiger partial charge in [-0.1, -0.05) is 6.07 Å². The van der Waals surface area contributed by atoms with Crippen molar-refractivity contribution in [3.05, 3.63) is 27.8 Å². The number of hydrogen-bond acceptors (Lipinski definition) is 2. The van der Waals surface area contributed by atoms with Gasteiger partial charge in [0, 0.05) is 9.26 Å². The summed E-state index contributed by atoms with van der Waals surface area (Å²) in [5, 5.41) is 14.3. The van der Waals surface area contributed by atoms with Crippen molar-refractivity contribution in [1.82, 2.24) is 5.32 Å². The highest BCUT2D eigenvalue weighted by molar-refractivity contribution is 14.1. The Kier molecular flexibility index (Phi) is 3.74. The highest BCUT2D eigenvalue weighted by Gasteiger charge is 2.45. The van der Waals surface area contributed by atoms with Crippen molar-refractivity contribution in [3.63, 3.8) is 0 Å². The first-order valence-electron chi connectivity index (χ1n) is 5.60. The fourth-order valence-corrected chi connectivity index (χ4v) is 2.41. The Morgan fingerprint density at radius 3 is 2.56 bits per heavy atom. The van der Waals surface area contributed by atoms with Crippen LogP contribution < -0.4 is 10.6 Å². The van der Waals surface area contributed by atoms with Crippen molar-refractivity contribution in [1.29, 1.82) is 0 Å². The number of rotatable bonds is 3. The van der Waals surface area contributed by atoms with Gasteiger partial charge in [-0.3, -0.25) is 0 Å². The van der Waals surface area contributed by atoms with Crippen molar-refractivity contribution in [2.75, 3.05) is 5.32 Å². The molecule has 0 aliphatic heterocycles. The Balaban J connectivity index is 1.99. The van der Waals surface area contributed by atoms with E-state index >= 15 is 0 Å². The van der Waals surface area contributed by atoms with Gasteiger partial charge in [0.05, 0.1) is 0 Å². The molecule has 0 radical (unpaired) electrons. The molecule has 2 rings (SSSR count). The second-order valence-corrected chi connectivity index (χ2v) is 5.58. The van der Waals surface area contributed by atoms with Crippen molar-refractivity contribution in [2.24, 2.45) is 0 Å². The Morgan fingerprint density at radius 1 is 1.33 bits per heavy atom. The molecule has 96 valence electrons. The lowest BCUT2D eigenvalue weighted by Crippen LogP contribution is -2.60. The smallest absolute Gasteiger partial charge is 0.329 e. The number of anilines is 1. The first kappa shape index (κ1) is 13.1. The molecule has 3 N–H and O–H groups in total. The topological polar surface area (TPSA) is 78.4 Å². The number of halogens is 1. The quantitative estimate of drug-likeness (QED) is 0.725. The second-order valence-electron chi connectivity index (χ2n) is 4.33. The molecule has 1 aromatic carbocycles. The minimum atomic E-state index is -1.08. The third kappa shape index (κ3) is 2.74. The molecular weight excluding hydrogens is 347 g/mol. The van der Waals surface area contributed by atoms with Crippen LogP contribution in [-0.2, 0) is 4.79 Å². The molecule has 6 heteroatoms. The van der Waals surface area contributed by atoms with Crippen LogP contribution in [0.1, 0.15) is 19.3 Å².